The first kappa shape index (κ1) is 20.5. The van der Waals surface area contributed by atoms with Crippen LogP contribution < -0.4 is 20.4 Å². The zero-order chi connectivity index (χ0) is 20.4. The van der Waals surface area contributed by atoms with Gasteiger partial charge in [0.05, 0.1) is 26.0 Å². The van der Waals surface area contributed by atoms with E-state index in [-0.39, 0.29) is 24.3 Å². The third-order valence-corrected chi connectivity index (χ3v) is 6.71. The number of amides is 2. The smallest absolute Gasteiger partial charge is 0.261 e. The maximum atomic E-state index is 12.5. The van der Waals surface area contributed by atoms with Gasteiger partial charge in [0.25, 0.3) is 5.91 Å². The summed E-state index contributed by atoms with van der Waals surface area (Å²) in [6.07, 6.45) is 1.33. The number of nitrogens with one attached hydrogen (secondary N) is 2. The van der Waals surface area contributed by atoms with E-state index in [0.29, 0.717) is 20.8 Å². The average Bonchev–Trinajstić information content (AvgIpc) is 3.17. The van der Waals surface area contributed by atoms with E-state index in [4.69, 9.17) is 23.2 Å². The topological polar surface area (TPSA) is 64.7 Å². The van der Waals surface area contributed by atoms with Crippen LogP contribution in [0.5, 0.6) is 0 Å². The van der Waals surface area contributed by atoms with Crippen LogP contribution in [-0.2, 0) is 4.79 Å². The molecule has 154 valence electrons. The number of carbonyl (C=O) groups excluding carboxylic acids is 2. The predicted octanol–water partition coefficient (Wildman–Crippen LogP) is 3.39. The van der Waals surface area contributed by atoms with Gasteiger partial charge in [0, 0.05) is 38.3 Å². The Morgan fingerprint density at radius 1 is 1.17 bits per heavy atom. The van der Waals surface area contributed by atoms with E-state index in [2.05, 4.69) is 15.5 Å². The van der Waals surface area contributed by atoms with Gasteiger partial charge in [-0.25, -0.2) is 0 Å². The highest BCUT2D eigenvalue weighted by molar-refractivity contribution is 7.18. The van der Waals surface area contributed by atoms with Gasteiger partial charge in [-0.05, 0) is 43.3 Å². The van der Waals surface area contributed by atoms with Crippen LogP contribution in [0.3, 0.4) is 0 Å². The van der Waals surface area contributed by atoms with Crippen molar-refractivity contribution in [1.29, 1.82) is 0 Å². The summed E-state index contributed by atoms with van der Waals surface area (Å²) >= 11 is 13.7. The van der Waals surface area contributed by atoms with Gasteiger partial charge in [0.15, 0.2) is 0 Å². The Morgan fingerprint density at radius 3 is 2.79 bits per heavy atom. The lowest BCUT2D eigenvalue weighted by atomic mass is 10.2. The third kappa shape index (κ3) is 4.69. The number of hydrogen-bond acceptors (Lipinski definition) is 5. The van der Waals surface area contributed by atoms with E-state index in [1.165, 1.54) is 11.3 Å². The average molecular weight is 453 g/mol. The van der Waals surface area contributed by atoms with Crippen molar-refractivity contribution in [3.8, 4) is 0 Å². The Bertz CT molecular complexity index is 912. The number of benzene rings is 1. The SMILES string of the molecule is O=C(NC1CC(=O)N(c2ccc(N3CCCNCC3)c(Cl)c2)C1)c1ccc(Cl)s1. The van der Waals surface area contributed by atoms with Crippen molar-refractivity contribution in [3.05, 3.63) is 44.6 Å². The quantitative estimate of drug-likeness (QED) is 0.745. The number of nitrogens with zero attached hydrogens (tertiary/aromatic N) is 2. The summed E-state index contributed by atoms with van der Waals surface area (Å²) in [5.74, 6) is -0.230. The summed E-state index contributed by atoms with van der Waals surface area (Å²) in [6.45, 7) is 4.23. The van der Waals surface area contributed by atoms with E-state index < -0.39 is 0 Å². The molecule has 3 heterocycles. The number of hydrogen-bond donors (Lipinski definition) is 2. The van der Waals surface area contributed by atoms with Crippen LogP contribution in [0, 0.1) is 0 Å². The monoisotopic (exact) mass is 452 g/mol. The number of rotatable bonds is 4. The molecule has 0 aliphatic carbocycles. The van der Waals surface area contributed by atoms with Gasteiger partial charge < -0.3 is 20.4 Å². The van der Waals surface area contributed by atoms with Crippen molar-refractivity contribution in [1.82, 2.24) is 10.6 Å². The van der Waals surface area contributed by atoms with Gasteiger partial charge in [-0.1, -0.05) is 23.2 Å². The first-order valence-corrected chi connectivity index (χ1v) is 11.2. The van der Waals surface area contributed by atoms with E-state index >= 15 is 0 Å². The fraction of sp³-hybridized carbons (Fsp3) is 0.400. The second kappa shape index (κ2) is 8.92. The minimum Gasteiger partial charge on any atom is -0.369 e. The normalized spacial score (nSPS) is 20.1. The molecule has 1 atom stereocenters. The second-order valence-electron chi connectivity index (χ2n) is 7.21. The molecule has 2 N–H and O–H groups in total. The van der Waals surface area contributed by atoms with Crippen LogP contribution in [0.4, 0.5) is 11.4 Å². The van der Waals surface area contributed by atoms with Gasteiger partial charge in [0.2, 0.25) is 5.91 Å². The van der Waals surface area contributed by atoms with Gasteiger partial charge in [-0.3, -0.25) is 9.59 Å². The van der Waals surface area contributed by atoms with E-state index in [9.17, 15) is 9.59 Å². The fourth-order valence-corrected chi connectivity index (χ4v) is 4.99. The van der Waals surface area contributed by atoms with Crippen molar-refractivity contribution < 1.29 is 9.59 Å². The predicted molar refractivity (Wildman–Crippen MR) is 119 cm³/mol. The molecular formula is C20H22Cl2N4O2S. The molecule has 2 aliphatic rings. The number of thiophene rings is 1. The summed E-state index contributed by atoms with van der Waals surface area (Å²) < 4.78 is 0.564. The molecule has 2 fully saturated rings. The van der Waals surface area contributed by atoms with Crippen molar-refractivity contribution >= 4 is 57.7 Å². The van der Waals surface area contributed by atoms with Crippen molar-refractivity contribution in [2.45, 2.75) is 18.9 Å². The minimum absolute atomic E-state index is 0.0256. The second-order valence-corrected chi connectivity index (χ2v) is 9.33. The highest BCUT2D eigenvalue weighted by Crippen LogP contribution is 2.32. The lowest BCUT2D eigenvalue weighted by Crippen LogP contribution is -2.36. The molecule has 1 unspecified atom stereocenters. The standard InChI is InChI=1S/C20H22Cl2N4O2S/c21-15-11-14(2-3-16(15)25-8-1-6-23-7-9-25)26-12-13(10-19(26)27)24-20(28)17-4-5-18(22)29-17/h2-5,11,13,23H,1,6-10,12H2,(H,24,28). The lowest BCUT2D eigenvalue weighted by molar-refractivity contribution is -0.117. The van der Waals surface area contributed by atoms with Gasteiger partial charge in [-0.15, -0.1) is 11.3 Å². The summed E-state index contributed by atoms with van der Waals surface area (Å²) in [5, 5.41) is 6.95. The molecular weight excluding hydrogens is 431 g/mol. The molecule has 0 saturated carbocycles. The van der Waals surface area contributed by atoms with Crippen LogP contribution in [0.15, 0.2) is 30.3 Å². The zero-order valence-corrected chi connectivity index (χ0v) is 18.1. The molecule has 2 saturated heterocycles. The Balaban J connectivity index is 1.43. The molecule has 0 radical (unpaired) electrons. The Kier molecular flexibility index (Phi) is 6.29. The van der Waals surface area contributed by atoms with E-state index in [1.54, 1.807) is 17.0 Å². The van der Waals surface area contributed by atoms with Gasteiger partial charge in [0.1, 0.15) is 0 Å². The molecule has 0 spiro atoms. The molecule has 1 aromatic heterocycles. The van der Waals surface area contributed by atoms with Crippen molar-refractivity contribution in [2.24, 2.45) is 0 Å². The first-order valence-electron chi connectivity index (χ1n) is 9.63. The van der Waals surface area contributed by atoms with E-state index in [0.717, 1.165) is 44.0 Å². The van der Waals surface area contributed by atoms with Crippen molar-refractivity contribution in [2.75, 3.05) is 42.5 Å². The van der Waals surface area contributed by atoms with Crippen LogP contribution in [-0.4, -0.2) is 50.6 Å². The summed E-state index contributed by atoms with van der Waals surface area (Å²) in [6, 6.07) is 8.89. The van der Waals surface area contributed by atoms with Crippen LogP contribution >= 0.6 is 34.5 Å². The highest BCUT2D eigenvalue weighted by atomic mass is 35.5. The summed E-state index contributed by atoms with van der Waals surface area (Å²) in [7, 11) is 0. The first-order chi connectivity index (χ1) is 14.0. The van der Waals surface area contributed by atoms with E-state index in [1.807, 2.05) is 18.2 Å². The summed E-state index contributed by atoms with van der Waals surface area (Å²) in [5.41, 5.74) is 1.75. The number of carbonyl (C=O) groups is 2. The largest absolute Gasteiger partial charge is 0.369 e. The molecule has 9 heteroatoms. The van der Waals surface area contributed by atoms with Gasteiger partial charge in [-0.2, -0.15) is 0 Å². The zero-order valence-electron chi connectivity index (χ0n) is 15.8. The Labute approximate surface area is 183 Å². The molecule has 6 nitrogen and oxygen atoms in total. The third-order valence-electron chi connectivity index (χ3n) is 5.18. The molecule has 2 aliphatic heterocycles. The maximum absolute atomic E-state index is 12.5. The number of anilines is 2. The molecule has 29 heavy (non-hydrogen) atoms. The molecule has 1 aromatic carbocycles. The summed E-state index contributed by atoms with van der Waals surface area (Å²) in [4.78, 5) is 29.4. The van der Waals surface area contributed by atoms with Crippen LogP contribution in [0.25, 0.3) is 0 Å². The van der Waals surface area contributed by atoms with Crippen molar-refractivity contribution in [3.63, 3.8) is 0 Å². The lowest BCUT2D eigenvalue weighted by Gasteiger charge is -2.25. The Hall–Kier alpha value is -1.80. The van der Waals surface area contributed by atoms with Gasteiger partial charge >= 0.3 is 0 Å². The molecule has 0 bridgehead atoms. The molecule has 4 rings (SSSR count). The van der Waals surface area contributed by atoms with Crippen LogP contribution in [0.1, 0.15) is 22.5 Å². The molecule has 2 aromatic rings. The fourth-order valence-electron chi connectivity index (χ4n) is 3.75. The maximum Gasteiger partial charge on any atom is 0.261 e. The Morgan fingerprint density at radius 2 is 2.03 bits per heavy atom. The molecule has 2 amide bonds. The number of halogens is 2. The van der Waals surface area contributed by atoms with Crippen LogP contribution in [0.2, 0.25) is 9.36 Å². The minimum atomic E-state index is -0.244. The highest BCUT2D eigenvalue weighted by Gasteiger charge is 2.32.